The van der Waals surface area contributed by atoms with Crippen LogP contribution in [0.3, 0.4) is 0 Å². The van der Waals surface area contributed by atoms with Gasteiger partial charge in [0.2, 0.25) is 10.0 Å². The number of piperidine rings is 1. The second-order valence-corrected chi connectivity index (χ2v) is 7.54. The average molecular weight is 397 g/mol. The highest BCUT2D eigenvalue weighted by molar-refractivity contribution is 7.89. The lowest BCUT2D eigenvalue weighted by Gasteiger charge is -2.31. The number of sulfonamides is 1. The predicted molar refractivity (Wildman–Crippen MR) is 84.2 cm³/mol. The molecular weight excluding hydrogens is 379 g/mol. The molecule has 11 heteroatoms. The molecule has 0 aromatic heterocycles. The Balaban J connectivity index is 1.86. The highest BCUT2D eigenvalue weighted by Crippen LogP contribution is 2.26. The van der Waals surface area contributed by atoms with Crippen LogP contribution in [0.1, 0.15) is 12.8 Å². The van der Waals surface area contributed by atoms with Gasteiger partial charge in [-0.3, -0.25) is 4.79 Å². The number of hydrogen-bond donors (Lipinski definition) is 0. The van der Waals surface area contributed by atoms with Crippen molar-refractivity contribution in [3.05, 3.63) is 24.3 Å². The van der Waals surface area contributed by atoms with E-state index in [1.54, 1.807) is 0 Å². The van der Waals surface area contributed by atoms with Gasteiger partial charge in [0.25, 0.3) is 0 Å². The highest BCUT2D eigenvalue weighted by Gasteiger charge is 2.32. The van der Waals surface area contributed by atoms with Gasteiger partial charge in [-0.15, -0.1) is 13.2 Å². The van der Waals surface area contributed by atoms with Gasteiger partial charge in [0.15, 0.2) is 5.75 Å². The number of methoxy groups -OCH3 is 1. The molecule has 1 aliphatic heterocycles. The maximum absolute atomic E-state index is 12.1. The lowest BCUT2D eigenvalue weighted by molar-refractivity contribution is -0.274. The first-order valence-electron chi connectivity index (χ1n) is 7.66. The van der Waals surface area contributed by atoms with E-state index in [2.05, 4.69) is 9.47 Å². The summed E-state index contributed by atoms with van der Waals surface area (Å²) in [5, 5.41) is 0. The Morgan fingerprint density at radius 2 is 1.69 bits per heavy atom. The molecular formula is C15H18F3NO6S. The topological polar surface area (TPSA) is 82.1 Å². The van der Waals surface area contributed by atoms with Crippen LogP contribution in [-0.4, -0.2) is 57.1 Å². The quantitative estimate of drug-likeness (QED) is 0.683. The van der Waals surface area contributed by atoms with Crippen molar-refractivity contribution in [2.24, 2.45) is 0 Å². The number of benzene rings is 1. The molecule has 2 rings (SSSR count). The Hall–Kier alpha value is -2.01. The minimum atomic E-state index is -4.76. The molecule has 0 saturated carbocycles. The maximum Gasteiger partial charge on any atom is 0.573 e. The zero-order valence-corrected chi connectivity index (χ0v) is 14.7. The molecule has 7 nitrogen and oxygen atoms in total. The Bertz CT molecular complexity index is 712. The molecule has 0 atom stereocenters. The molecule has 0 aliphatic carbocycles. The van der Waals surface area contributed by atoms with Crippen LogP contribution in [0.5, 0.6) is 11.5 Å². The summed E-state index contributed by atoms with van der Waals surface area (Å²) in [6, 6.07) is 4.97. The van der Waals surface area contributed by atoms with Crippen molar-refractivity contribution in [1.82, 2.24) is 4.31 Å². The van der Waals surface area contributed by atoms with Crippen LogP contribution < -0.4 is 9.47 Å². The Morgan fingerprint density at radius 3 is 2.19 bits per heavy atom. The van der Waals surface area contributed by atoms with E-state index in [1.165, 1.54) is 16.4 Å². The molecule has 1 aromatic rings. The van der Waals surface area contributed by atoms with E-state index in [9.17, 15) is 26.4 Å². The third-order valence-corrected chi connectivity index (χ3v) is 5.43. The molecule has 26 heavy (non-hydrogen) atoms. The zero-order chi connectivity index (χ0) is 19.4. The molecule has 0 amide bonds. The fourth-order valence-electron chi connectivity index (χ4n) is 2.44. The third-order valence-electron chi connectivity index (χ3n) is 3.68. The fourth-order valence-corrected chi connectivity index (χ4v) is 3.81. The summed E-state index contributed by atoms with van der Waals surface area (Å²) in [6.07, 6.45) is -4.26. The molecule has 0 spiro atoms. The molecule has 0 bridgehead atoms. The van der Waals surface area contributed by atoms with Crippen LogP contribution in [0.15, 0.2) is 24.3 Å². The number of hydrogen-bond acceptors (Lipinski definition) is 6. The van der Waals surface area contributed by atoms with Gasteiger partial charge in [-0.25, -0.2) is 12.7 Å². The van der Waals surface area contributed by atoms with Crippen LogP contribution in [-0.2, 0) is 19.6 Å². The highest BCUT2D eigenvalue weighted by atomic mass is 32.2. The van der Waals surface area contributed by atoms with Crippen LogP contribution >= 0.6 is 0 Å². The van der Waals surface area contributed by atoms with Crippen molar-refractivity contribution in [2.45, 2.75) is 25.3 Å². The van der Waals surface area contributed by atoms with Gasteiger partial charge in [-0.05, 0) is 37.1 Å². The molecule has 0 N–H and O–H groups in total. The molecule has 146 valence electrons. The lowest BCUT2D eigenvalue weighted by Crippen LogP contribution is -2.43. The maximum atomic E-state index is 12.1. The number of halogens is 3. The Labute approximate surface area is 148 Å². The summed E-state index contributed by atoms with van der Waals surface area (Å²) in [5.74, 6) is -1.54. The fraction of sp³-hybridized carbons (Fsp3) is 0.533. The van der Waals surface area contributed by atoms with Crippen LogP contribution in [0.4, 0.5) is 13.2 Å². The number of nitrogens with zero attached hydrogens (tertiary/aromatic N) is 1. The van der Waals surface area contributed by atoms with Gasteiger partial charge in [-0.2, -0.15) is 0 Å². The van der Waals surface area contributed by atoms with Gasteiger partial charge in [-0.1, -0.05) is 0 Å². The van der Waals surface area contributed by atoms with Gasteiger partial charge < -0.3 is 14.2 Å². The molecule has 1 aromatic carbocycles. The van der Waals surface area contributed by atoms with Gasteiger partial charge in [0, 0.05) is 13.1 Å². The van der Waals surface area contributed by atoms with Crippen molar-refractivity contribution < 1.29 is 40.6 Å². The summed E-state index contributed by atoms with van der Waals surface area (Å²) in [5.41, 5.74) is 0. The van der Waals surface area contributed by atoms with Gasteiger partial charge >= 0.3 is 12.3 Å². The van der Waals surface area contributed by atoms with Crippen LogP contribution in [0.25, 0.3) is 0 Å². The van der Waals surface area contributed by atoms with Crippen molar-refractivity contribution in [3.8, 4) is 11.5 Å². The summed E-state index contributed by atoms with van der Waals surface area (Å²) in [4.78, 5) is 11.2. The first-order valence-corrected chi connectivity index (χ1v) is 9.27. The van der Waals surface area contributed by atoms with E-state index in [0.29, 0.717) is 18.6 Å². The van der Waals surface area contributed by atoms with Crippen LogP contribution in [0, 0.1) is 0 Å². The molecule has 0 radical (unpaired) electrons. The first-order chi connectivity index (χ1) is 12.1. The standard InChI is InChI=1S/C15H18F3NO6S/c1-23-14(20)10-26(21,22)19-8-6-12(7-9-19)24-11-2-4-13(5-3-11)25-15(16,17)18/h2-5,12H,6-10H2,1H3. The van der Waals surface area contributed by atoms with E-state index in [-0.39, 0.29) is 24.9 Å². The predicted octanol–water partition coefficient (Wildman–Crippen LogP) is 1.93. The Kier molecular flexibility index (Phi) is 6.34. The van der Waals surface area contributed by atoms with Crippen molar-refractivity contribution in [3.63, 3.8) is 0 Å². The monoisotopic (exact) mass is 397 g/mol. The lowest BCUT2D eigenvalue weighted by atomic mass is 10.1. The number of carbonyl (C=O) groups is 1. The largest absolute Gasteiger partial charge is 0.573 e. The van der Waals surface area contributed by atoms with E-state index in [0.717, 1.165) is 19.2 Å². The third kappa shape index (κ3) is 6.06. The number of rotatable bonds is 6. The molecule has 1 heterocycles. The minimum Gasteiger partial charge on any atom is -0.490 e. The van der Waals surface area contributed by atoms with E-state index < -0.39 is 28.1 Å². The van der Waals surface area contributed by atoms with E-state index in [1.807, 2.05) is 0 Å². The van der Waals surface area contributed by atoms with Crippen molar-refractivity contribution in [1.29, 1.82) is 0 Å². The van der Waals surface area contributed by atoms with Gasteiger partial charge in [0.1, 0.15) is 17.6 Å². The second kappa shape index (κ2) is 8.12. The van der Waals surface area contributed by atoms with E-state index >= 15 is 0 Å². The second-order valence-electron chi connectivity index (χ2n) is 5.57. The summed E-state index contributed by atoms with van der Waals surface area (Å²) in [6.45, 7) is 0.360. The molecule has 1 fully saturated rings. The molecule has 1 saturated heterocycles. The molecule has 1 aliphatic rings. The zero-order valence-electron chi connectivity index (χ0n) is 13.9. The average Bonchev–Trinajstić information content (AvgIpc) is 2.55. The number of alkyl halides is 3. The number of ether oxygens (including phenoxy) is 3. The normalized spacial score (nSPS) is 16.9. The van der Waals surface area contributed by atoms with Gasteiger partial charge in [0.05, 0.1) is 7.11 Å². The SMILES string of the molecule is COC(=O)CS(=O)(=O)N1CCC(Oc2ccc(OC(F)(F)F)cc2)CC1. The summed E-state index contributed by atoms with van der Waals surface area (Å²) >= 11 is 0. The summed E-state index contributed by atoms with van der Waals surface area (Å²) in [7, 11) is -2.62. The van der Waals surface area contributed by atoms with Crippen LogP contribution in [0.2, 0.25) is 0 Å². The summed E-state index contributed by atoms with van der Waals surface area (Å²) < 4.78 is 75.4. The Morgan fingerprint density at radius 1 is 1.15 bits per heavy atom. The first kappa shape index (κ1) is 20.3. The molecule has 0 unspecified atom stereocenters. The van der Waals surface area contributed by atoms with Crippen molar-refractivity contribution >= 4 is 16.0 Å². The minimum absolute atomic E-state index is 0.180. The number of esters is 1. The smallest absolute Gasteiger partial charge is 0.490 e. The van der Waals surface area contributed by atoms with Crippen molar-refractivity contribution in [2.75, 3.05) is 26.0 Å². The number of carbonyl (C=O) groups excluding carboxylic acids is 1. The van der Waals surface area contributed by atoms with E-state index in [4.69, 9.17) is 4.74 Å².